The average molecular weight is 454 g/mol. The Labute approximate surface area is 191 Å². The highest BCUT2D eigenvalue weighted by Gasteiger charge is 2.24. The van der Waals surface area contributed by atoms with Crippen molar-refractivity contribution >= 4 is 29.7 Å². The van der Waals surface area contributed by atoms with Crippen LogP contribution >= 0.6 is 0 Å². The Morgan fingerprint density at radius 2 is 1.82 bits per heavy atom. The number of ether oxygens (including phenoxy) is 3. The van der Waals surface area contributed by atoms with Gasteiger partial charge in [0.2, 0.25) is 18.6 Å². The van der Waals surface area contributed by atoms with Crippen molar-refractivity contribution in [1.29, 1.82) is 0 Å². The maximum absolute atomic E-state index is 12.4. The summed E-state index contributed by atoms with van der Waals surface area (Å²) in [6.07, 6.45) is 1.57. The lowest BCUT2D eigenvalue weighted by molar-refractivity contribution is -0.147. The molecule has 0 aromatic heterocycles. The summed E-state index contributed by atoms with van der Waals surface area (Å²) in [5.74, 6) is 5.01. The highest BCUT2D eigenvalue weighted by Crippen LogP contribution is 2.32. The highest BCUT2D eigenvalue weighted by atomic mass is 16.7. The van der Waals surface area contributed by atoms with Gasteiger partial charge in [-0.1, -0.05) is 18.2 Å². The summed E-state index contributed by atoms with van der Waals surface area (Å²) in [4.78, 5) is 37.0. The summed E-state index contributed by atoms with van der Waals surface area (Å²) in [6.45, 7) is 2.02. The molecule has 10 nitrogen and oxygen atoms in total. The Morgan fingerprint density at radius 1 is 1.09 bits per heavy atom. The third-order valence-corrected chi connectivity index (χ3v) is 4.78. The van der Waals surface area contributed by atoms with Crippen LogP contribution in [0.4, 0.5) is 5.69 Å². The zero-order valence-electron chi connectivity index (χ0n) is 18.2. The van der Waals surface area contributed by atoms with Gasteiger partial charge in [0, 0.05) is 24.9 Å². The van der Waals surface area contributed by atoms with E-state index in [0.717, 1.165) is 11.1 Å². The second-order valence-electron chi connectivity index (χ2n) is 7.21. The SMILES string of the molecule is CCOC(=O)C(Cc1ccc2c(c1)OCO2)NC(=O)CCC(=O)Nc1ccc(C=NN)cc1. The molecule has 0 bridgehead atoms. The Morgan fingerprint density at radius 3 is 2.55 bits per heavy atom. The summed E-state index contributed by atoms with van der Waals surface area (Å²) < 4.78 is 15.7. The van der Waals surface area contributed by atoms with Crippen LogP contribution in [0.5, 0.6) is 11.5 Å². The number of carbonyl (C=O) groups excluding carboxylic acids is 3. The quantitative estimate of drug-likeness (QED) is 0.215. The number of hydrogen-bond donors (Lipinski definition) is 3. The topological polar surface area (TPSA) is 141 Å². The van der Waals surface area contributed by atoms with Gasteiger partial charge < -0.3 is 30.7 Å². The number of hydrogen-bond acceptors (Lipinski definition) is 8. The van der Waals surface area contributed by atoms with Crippen molar-refractivity contribution in [3.63, 3.8) is 0 Å². The normalized spacial score (nSPS) is 12.9. The van der Waals surface area contributed by atoms with Gasteiger partial charge >= 0.3 is 5.97 Å². The minimum Gasteiger partial charge on any atom is -0.464 e. The molecule has 0 radical (unpaired) electrons. The fourth-order valence-electron chi connectivity index (χ4n) is 3.20. The van der Waals surface area contributed by atoms with Crippen LogP contribution < -0.4 is 25.9 Å². The first kappa shape index (κ1) is 23.6. The molecule has 1 unspecified atom stereocenters. The van der Waals surface area contributed by atoms with Crippen LogP contribution in [0.1, 0.15) is 30.9 Å². The number of benzene rings is 2. The summed E-state index contributed by atoms with van der Waals surface area (Å²) in [6, 6.07) is 11.3. The summed E-state index contributed by atoms with van der Waals surface area (Å²) in [7, 11) is 0. The van der Waals surface area contributed by atoms with Crippen LogP contribution in [0.25, 0.3) is 0 Å². The molecule has 0 saturated heterocycles. The Kier molecular flexibility index (Phi) is 8.23. The van der Waals surface area contributed by atoms with Gasteiger partial charge in [0.05, 0.1) is 12.8 Å². The second-order valence-corrected chi connectivity index (χ2v) is 7.21. The van der Waals surface area contributed by atoms with Crippen molar-refractivity contribution < 1.29 is 28.6 Å². The number of nitrogens with zero attached hydrogens (tertiary/aromatic N) is 1. The molecule has 0 saturated carbocycles. The molecular formula is C23H26N4O6. The Hall–Kier alpha value is -4.08. The Bertz CT molecular complexity index is 1020. The van der Waals surface area contributed by atoms with Gasteiger partial charge in [-0.15, -0.1) is 0 Å². The molecule has 0 spiro atoms. The molecule has 174 valence electrons. The zero-order valence-corrected chi connectivity index (χ0v) is 18.2. The van der Waals surface area contributed by atoms with Crippen LogP contribution in [0.3, 0.4) is 0 Å². The molecule has 1 aliphatic rings. The first-order valence-electron chi connectivity index (χ1n) is 10.5. The fourth-order valence-corrected chi connectivity index (χ4v) is 3.20. The van der Waals surface area contributed by atoms with Gasteiger partial charge in [-0.25, -0.2) is 4.79 Å². The van der Waals surface area contributed by atoms with Gasteiger partial charge in [-0.05, 0) is 42.3 Å². The predicted octanol–water partition coefficient (Wildman–Crippen LogP) is 1.72. The number of carbonyl (C=O) groups is 3. The lowest BCUT2D eigenvalue weighted by atomic mass is 10.0. The lowest BCUT2D eigenvalue weighted by Gasteiger charge is -2.17. The van der Waals surface area contributed by atoms with Gasteiger partial charge in [-0.3, -0.25) is 9.59 Å². The molecule has 0 aliphatic carbocycles. The number of hydrazone groups is 1. The maximum atomic E-state index is 12.4. The minimum absolute atomic E-state index is 0.0442. The molecule has 2 aromatic carbocycles. The first-order valence-corrected chi connectivity index (χ1v) is 10.5. The molecule has 1 heterocycles. The van der Waals surface area contributed by atoms with E-state index in [1.807, 2.05) is 0 Å². The van der Waals surface area contributed by atoms with E-state index in [4.69, 9.17) is 20.1 Å². The smallest absolute Gasteiger partial charge is 0.328 e. The number of fused-ring (bicyclic) bond motifs is 1. The number of amides is 2. The molecule has 10 heteroatoms. The van der Waals surface area contributed by atoms with Crippen molar-refractivity contribution in [3.8, 4) is 11.5 Å². The van der Waals surface area contributed by atoms with Gasteiger partial charge in [-0.2, -0.15) is 5.10 Å². The van der Waals surface area contributed by atoms with Crippen LogP contribution in [0.2, 0.25) is 0 Å². The maximum Gasteiger partial charge on any atom is 0.328 e. The third-order valence-electron chi connectivity index (χ3n) is 4.78. The molecule has 33 heavy (non-hydrogen) atoms. The van der Waals surface area contributed by atoms with Crippen LogP contribution in [0, 0.1) is 0 Å². The van der Waals surface area contributed by atoms with E-state index in [2.05, 4.69) is 15.7 Å². The summed E-state index contributed by atoms with van der Waals surface area (Å²) >= 11 is 0. The van der Waals surface area contributed by atoms with Gasteiger partial charge in [0.25, 0.3) is 0 Å². The van der Waals surface area contributed by atoms with E-state index in [1.54, 1.807) is 49.4 Å². The largest absolute Gasteiger partial charge is 0.464 e. The molecule has 0 fully saturated rings. The summed E-state index contributed by atoms with van der Waals surface area (Å²) in [5, 5.41) is 8.81. The fraction of sp³-hybridized carbons (Fsp3) is 0.304. The molecular weight excluding hydrogens is 428 g/mol. The minimum atomic E-state index is -0.891. The second kappa shape index (κ2) is 11.5. The van der Waals surface area contributed by atoms with Gasteiger partial charge in [0.1, 0.15) is 6.04 Å². The Balaban J connectivity index is 1.53. The number of nitrogens with two attached hydrogens (primary N) is 1. The molecule has 4 N–H and O–H groups in total. The van der Waals surface area contributed by atoms with Crippen LogP contribution in [-0.2, 0) is 25.5 Å². The molecule has 2 amide bonds. The van der Waals surface area contributed by atoms with Crippen molar-refractivity contribution in [3.05, 3.63) is 53.6 Å². The number of esters is 1. The third kappa shape index (κ3) is 6.96. The van der Waals surface area contributed by atoms with Crippen molar-refractivity contribution in [2.24, 2.45) is 10.9 Å². The number of anilines is 1. The number of rotatable bonds is 10. The highest BCUT2D eigenvalue weighted by molar-refractivity contribution is 5.94. The van der Waals surface area contributed by atoms with E-state index in [-0.39, 0.29) is 38.6 Å². The lowest BCUT2D eigenvalue weighted by Crippen LogP contribution is -2.43. The zero-order chi connectivity index (χ0) is 23.6. The van der Waals surface area contributed by atoms with Crippen LogP contribution in [-0.4, -0.2) is 43.4 Å². The summed E-state index contributed by atoms with van der Waals surface area (Å²) in [5.41, 5.74) is 2.16. The van der Waals surface area contributed by atoms with E-state index < -0.39 is 17.9 Å². The van der Waals surface area contributed by atoms with E-state index in [0.29, 0.717) is 17.2 Å². The van der Waals surface area contributed by atoms with E-state index >= 15 is 0 Å². The standard InChI is InChI=1S/C23H26N4O6/c1-2-31-23(30)18(11-16-5-8-19-20(12-16)33-14-32-19)27-22(29)10-9-21(28)26-17-6-3-15(4-7-17)13-25-24/h3-8,12-13,18H,2,9-11,14,24H2,1H3,(H,26,28)(H,27,29). The van der Waals surface area contributed by atoms with E-state index in [1.165, 1.54) is 6.21 Å². The monoisotopic (exact) mass is 454 g/mol. The molecule has 1 atom stereocenters. The molecule has 2 aromatic rings. The van der Waals surface area contributed by atoms with Crippen LogP contribution in [0.15, 0.2) is 47.6 Å². The van der Waals surface area contributed by atoms with Crippen molar-refractivity contribution in [2.45, 2.75) is 32.2 Å². The van der Waals surface area contributed by atoms with Gasteiger partial charge in [0.15, 0.2) is 11.5 Å². The predicted molar refractivity (Wildman–Crippen MR) is 121 cm³/mol. The van der Waals surface area contributed by atoms with E-state index in [9.17, 15) is 14.4 Å². The average Bonchev–Trinajstić information content (AvgIpc) is 3.27. The molecule has 3 rings (SSSR count). The first-order chi connectivity index (χ1) is 16.0. The molecule has 1 aliphatic heterocycles. The van der Waals surface area contributed by atoms with Crippen molar-refractivity contribution in [1.82, 2.24) is 5.32 Å². The number of nitrogens with one attached hydrogen (secondary N) is 2. The van der Waals surface area contributed by atoms with Crippen molar-refractivity contribution in [2.75, 3.05) is 18.7 Å².